The molecule has 27 heavy (non-hydrogen) atoms. The van der Waals surface area contributed by atoms with Crippen molar-refractivity contribution in [2.45, 2.75) is 43.9 Å². The number of amides is 1. The minimum absolute atomic E-state index is 0.259. The highest BCUT2D eigenvalue weighted by atomic mass is 19.1. The molecule has 0 radical (unpaired) electrons. The molecule has 1 fully saturated rings. The zero-order valence-corrected chi connectivity index (χ0v) is 14.9. The highest BCUT2D eigenvalue weighted by molar-refractivity contribution is 5.91. The van der Waals surface area contributed by atoms with Crippen LogP contribution in [0.15, 0.2) is 36.5 Å². The number of benzene rings is 1. The van der Waals surface area contributed by atoms with Crippen molar-refractivity contribution < 1.29 is 18.8 Å². The van der Waals surface area contributed by atoms with Gasteiger partial charge in [-0.3, -0.25) is 15.0 Å². The van der Waals surface area contributed by atoms with Crippen molar-refractivity contribution in [1.82, 2.24) is 10.5 Å². The number of hydrogen-bond donors (Lipinski definition) is 2. The summed E-state index contributed by atoms with van der Waals surface area (Å²) in [7, 11) is 0. The zero-order valence-electron chi connectivity index (χ0n) is 14.9. The highest BCUT2D eigenvalue weighted by Crippen LogP contribution is 2.45. The Balaban J connectivity index is 1.92. The van der Waals surface area contributed by atoms with Gasteiger partial charge < -0.3 is 0 Å². The molecule has 1 aromatic carbocycles. The van der Waals surface area contributed by atoms with E-state index in [-0.39, 0.29) is 5.92 Å². The van der Waals surface area contributed by atoms with Crippen molar-refractivity contribution in [2.75, 3.05) is 0 Å². The summed E-state index contributed by atoms with van der Waals surface area (Å²) in [5.74, 6) is -1.30. The molecule has 6 heteroatoms. The first-order valence-electron chi connectivity index (χ1n) is 9.05. The van der Waals surface area contributed by atoms with E-state index in [4.69, 9.17) is 0 Å². The minimum Gasteiger partial charge on any atom is -0.289 e. The lowest BCUT2D eigenvalue weighted by atomic mass is 9.76. The number of nitrogens with one attached hydrogen (secondary N) is 1. The Morgan fingerprint density at radius 2 is 2.07 bits per heavy atom. The van der Waals surface area contributed by atoms with Crippen LogP contribution in [0.4, 0.5) is 8.78 Å². The Hall–Kier alpha value is -2.60. The van der Waals surface area contributed by atoms with Gasteiger partial charge in [0, 0.05) is 11.5 Å². The molecule has 1 unspecified atom stereocenters. The number of nitrogens with zero attached hydrogens (tertiary/aromatic N) is 1. The third-order valence-electron chi connectivity index (χ3n) is 5.60. The maximum atomic E-state index is 14.8. The lowest BCUT2D eigenvalue weighted by Crippen LogP contribution is -2.41. The molecule has 1 amide bonds. The van der Waals surface area contributed by atoms with Crippen LogP contribution in [0.3, 0.4) is 0 Å². The van der Waals surface area contributed by atoms with Crippen molar-refractivity contribution in [3.8, 4) is 11.1 Å². The molecule has 0 saturated heterocycles. The molecule has 4 nitrogen and oxygen atoms in total. The molecule has 0 aliphatic heterocycles. The lowest BCUT2D eigenvalue weighted by Gasteiger charge is -2.28. The molecular weight excluding hydrogens is 350 g/mol. The number of hydrogen-bond acceptors (Lipinski definition) is 3. The fraction of sp³-hybridized carbons (Fsp3) is 0.333. The lowest BCUT2D eigenvalue weighted by molar-refractivity contribution is -0.133. The average Bonchev–Trinajstić information content (AvgIpc) is 3.39. The molecule has 0 bridgehead atoms. The zero-order chi connectivity index (χ0) is 19.2. The van der Waals surface area contributed by atoms with E-state index in [1.54, 1.807) is 24.5 Å². The molecule has 1 aromatic heterocycles. The fourth-order valence-electron chi connectivity index (χ4n) is 3.98. The second kappa shape index (κ2) is 6.53. The summed E-state index contributed by atoms with van der Waals surface area (Å²) in [6.07, 6.45) is 7.77. The number of carbonyl (C=O) groups excluding carboxylic acids is 1. The van der Waals surface area contributed by atoms with E-state index >= 15 is 0 Å². The van der Waals surface area contributed by atoms with Gasteiger partial charge in [0.1, 0.15) is 11.6 Å². The summed E-state index contributed by atoms with van der Waals surface area (Å²) in [5, 5.41) is 9.24. The highest BCUT2D eigenvalue weighted by Gasteiger charge is 2.41. The van der Waals surface area contributed by atoms with Gasteiger partial charge in [-0.15, -0.1) is 0 Å². The first-order chi connectivity index (χ1) is 13.0. The predicted molar refractivity (Wildman–Crippen MR) is 96.3 cm³/mol. The summed E-state index contributed by atoms with van der Waals surface area (Å²) in [6, 6.07) is 4.47. The number of hydroxylamine groups is 1. The SMILES string of the molecule is Cc1c(F)cc(-c2cc(F)cnc2C2CC2)cc1C1(C(=O)NO)C=CCC1. The van der Waals surface area contributed by atoms with Crippen LogP contribution >= 0.6 is 0 Å². The molecule has 140 valence electrons. The van der Waals surface area contributed by atoms with Gasteiger partial charge in [0.05, 0.1) is 17.3 Å². The molecule has 2 aliphatic carbocycles. The number of allylic oxidation sites excluding steroid dienone is 1. The van der Waals surface area contributed by atoms with Crippen molar-refractivity contribution in [3.63, 3.8) is 0 Å². The summed E-state index contributed by atoms with van der Waals surface area (Å²) in [5.41, 5.74) is 3.19. The molecule has 2 N–H and O–H groups in total. The number of aromatic nitrogens is 1. The van der Waals surface area contributed by atoms with Crippen LogP contribution in [0, 0.1) is 18.6 Å². The maximum Gasteiger partial charge on any atom is 0.257 e. The topological polar surface area (TPSA) is 62.2 Å². The van der Waals surface area contributed by atoms with E-state index in [1.165, 1.54) is 18.3 Å². The van der Waals surface area contributed by atoms with E-state index in [0.717, 1.165) is 18.5 Å². The van der Waals surface area contributed by atoms with Gasteiger partial charge >= 0.3 is 0 Å². The molecule has 2 aliphatic rings. The normalized spacial score (nSPS) is 21.5. The van der Waals surface area contributed by atoms with E-state index < -0.39 is 23.0 Å². The van der Waals surface area contributed by atoms with E-state index in [1.807, 2.05) is 6.08 Å². The van der Waals surface area contributed by atoms with Gasteiger partial charge in [-0.05, 0) is 67.5 Å². The summed E-state index contributed by atoms with van der Waals surface area (Å²) < 4.78 is 28.7. The summed E-state index contributed by atoms with van der Waals surface area (Å²) in [6.45, 7) is 1.61. The Kier molecular flexibility index (Phi) is 4.30. The maximum absolute atomic E-state index is 14.8. The fourth-order valence-corrected chi connectivity index (χ4v) is 3.98. The third kappa shape index (κ3) is 2.94. The standard InChI is InChI=1S/C21H20F2N2O2/c1-12-17(21(20(26)25-27)6-2-3-7-21)8-14(9-18(12)23)16-10-15(22)11-24-19(16)13-4-5-13/h2,6,8-11,13,27H,3-5,7H2,1H3,(H,25,26). The van der Waals surface area contributed by atoms with Gasteiger partial charge in [-0.1, -0.05) is 12.2 Å². The average molecular weight is 370 g/mol. The van der Waals surface area contributed by atoms with Gasteiger partial charge in [-0.25, -0.2) is 14.3 Å². The summed E-state index contributed by atoms with van der Waals surface area (Å²) >= 11 is 0. The van der Waals surface area contributed by atoms with E-state index in [2.05, 4.69) is 4.98 Å². The van der Waals surface area contributed by atoms with Crippen LogP contribution in [-0.2, 0) is 10.2 Å². The minimum atomic E-state index is -1.14. The molecule has 4 rings (SSSR count). The quantitative estimate of drug-likeness (QED) is 0.479. The third-order valence-corrected chi connectivity index (χ3v) is 5.60. The Bertz CT molecular complexity index is 953. The van der Waals surface area contributed by atoms with E-state index in [0.29, 0.717) is 35.1 Å². The van der Waals surface area contributed by atoms with Crippen LogP contribution in [0.5, 0.6) is 0 Å². The van der Waals surface area contributed by atoms with Gasteiger partial charge in [0.15, 0.2) is 0 Å². The molecule has 1 atom stereocenters. The largest absolute Gasteiger partial charge is 0.289 e. The van der Waals surface area contributed by atoms with Crippen LogP contribution in [0.2, 0.25) is 0 Å². The van der Waals surface area contributed by atoms with Crippen LogP contribution < -0.4 is 5.48 Å². The molecule has 1 saturated carbocycles. The van der Waals surface area contributed by atoms with Gasteiger partial charge in [0.2, 0.25) is 0 Å². The molecule has 1 heterocycles. The Morgan fingerprint density at radius 3 is 2.70 bits per heavy atom. The van der Waals surface area contributed by atoms with Crippen molar-refractivity contribution in [3.05, 3.63) is 65.0 Å². The number of rotatable bonds is 4. The second-order valence-corrected chi connectivity index (χ2v) is 7.34. The van der Waals surface area contributed by atoms with Crippen molar-refractivity contribution in [1.29, 1.82) is 0 Å². The van der Waals surface area contributed by atoms with Crippen molar-refractivity contribution in [2.24, 2.45) is 0 Å². The van der Waals surface area contributed by atoms with Crippen LogP contribution in [-0.4, -0.2) is 16.1 Å². The predicted octanol–water partition coefficient (Wildman–Crippen LogP) is 4.31. The Labute approximate surface area is 155 Å². The number of halogens is 2. The molecular formula is C21H20F2N2O2. The Morgan fingerprint density at radius 1 is 1.30 bits per heavy atom. The first kappa shape index (κ1) is 17.8. The van der Waals surface area contributed by atoms with Gasteiger partial charge in [-0.2, -0.15) is 0 Å². The number of pyridine rings is 1. The van der Waals surface area contributed by atoms with Crippen LogP contribution in [0.1, 0.15) is 48.4 Å². The molecule has 2 aromatic rings. The molecule has 0 spiro atoms. The second-order valence-electron chi connectivity index (χ2n) is 7.34. The smallest absolute Gasteiger partial charge is 0.257 e. The number of carbonyl (C=O) groups is 1. The monoisotopic (exact) mass is 370 g/mol. The van der Waals surface area contributed by atoms with Crippen LogP contribution in [0.25, 0.3) is 11.1 Å². The first-order valence-corrected chi connectivity index (χ1v) is 9.05. The van der Waals surface area contributed by atoms with Crippen molar-refractivity contribution >= 4 is 5.91 Å². The van der Waals surface area contributed by atoms with E-state index in [9.17, 15) is 18.8 Å². The summed E-state index contributed by atoms with van der Waals surface area (Å²) in [4.78, 5) is 16.7. The van der Waals surface area contributed by atoms with Gasteiger partial charge in [0.25, 0.3) is 5.91 Å².